The standard InChI is InChI=1S/C42H79O10P/c1-3-5-7-9-11-13-15-17-19-21-23-25-27-29-31-33-41(45)49-35-39(43)37-51-53(47,48)52-38-40(44)36-50-42(46)34-32-30-28-26-24-22-20-18-16-14-12-10-8-6-4-2/h17-20,39-40,43-44H,3-16,21-38H2,1-2H3,(H,47,48)/p-1/b19-17-,20-18-/t39-,40+. The predicted octanol–water partition coefficient (Wildman–Crippen LogP) is 10.4. The Morgan fingerprint density at radius 1 is 0.491 bits per heavy atom. The van der Waals surface area contributed by atoms with Crippen LogP contribution >= 0.6 is 7.82 Å². The number of phosphoric acid groups is 1. The average molecular weight is 774 g/mol. The predicted molar refractivity (Wildman–Crippen MR) is 212 cm³/mol. The third-order valence-corrected chi connectivity index (χ3v) is 9.94. The van der Waals surface area contributed by atoms with Gasteiger partial charge in [-0.2, -0.15) is 0 Å². The number of ether oxygens (including phenoxy) is 2. The van der Waals surface area contributed by atoms with Gasteiger partial charge in [0.1, 0.15) is 25.4 Å². The zero-order valence-electron chi connectivity index (χ0n) is 33.7. The highest BCUT2D eigenvalue weighted by atomic mass is 31.2. The number of unbranched alkanes of at least 4 members (excludes halogenated alkanes) is 22. The van der Waals surface area contributed by atoms with Gasteiger partial charge in [0.25, 0.3) is 7.82 Å². The molecule has 312 valence electrons. The third kappa shape index (κ3) is 39.9. The van der Waals surface area contributed by atoms with Crippen molar-refractivity contribution in [1.29, 1.82) is 0 Å². The maximum Gasteiger partial charge on any atom is 0.305 e. The molecule has 2 N–H and O–H groups in total. The lowest BCUT2D eigenvalue weighted by Crippen LogP contribution is -2.27. The zero-order valence-corrected chi connectivity index (χ0v) is 34.6. The molecule has 0 heterocycles. The average Bonchev–Trinajstić information content (AvgIpc) is 3.14. The number of hydrogen-bond donors (Lipinski definition) is 2. The fraction of sp³-hybridized carbons (Fsp3) is 0.857. The van der Waals surface area contributed by atoms with Crippen LogP contribution < -0.4 is 4.89 Å². The summed E-state index contributed by atoms with van der Waals surface area (Å²) in [5, 5.41) is 19.9. The second-order valence-corrected chi connectivity index (χ2v) is 15.8. The van der Waals surface area contributed by atoms with Gasteiger partial charge in [-0.25, -0.2) is 0 Å². The molecule has 0 aromatic carbocycles. The fourth-order valence-electron chi connectivity index (χ4n) is 5.69. The van der Waals surface area contributed by atoms with Crippen LogP contribution in [0.3, 0.4) is 0 Å². The van der Waals surface area contributed by atoms with Crippen LogP contribution in [-0.4, -0.2) is 60.8 Å². The van der Waals surface area contributed by atoms with Crippen molar-refractivity contribution in [3.63, 3.8) is 0 Å². The van der Waals surface area contributed by atoms with Crippen LogP contribution in [-0.2, 0) is 32.7 Å². The quantitative estimate of drug-likeness (QED) is 0.0266. The SMILES string of the molecule is CCCCCCCC/C=C\CCCCCCCC(=O)OC[C@@H](O)COP(=O)([O-])OC[C@@H](O)COC(=O)CCCCCCC/C=C\CCCCCCCC. The highest BCUT2D eigenvalue weighted by molar-refractivity contribution is 7.45. The number of phosphoric ester groups is 1. The molecule has 10 nitrogen and oxygen atoms in total. The van der Waals surface area contributed by atoms with Crippen LogP contribution in [0.1, 0.15) is 194 Å². The van der Waals surface area contributed by atoms with E-state index in [0.717, 1.165) is 64.2 Å². The number of rotatable bonds is 40. The summed E-state index contributed by atoms with van der Waals surface area (Å²) >= 11 is 0. The van der Waals surface area contributed by atoms with Gasteiger partial charge in [-0.15, -0.1) is 0 Å². The van der Waals surface area contributed by atoms with Crippen LogP contribution in [0.15, 0.2) is 24.3 Å². The molecule has 0 bridgehead atoms. The molecule has 0 aliphatic rings. The minimum absolute atomic E-state index is 0.231. The molecular formula is C42H78O10P-. The Hall–Kier alpha value is -1.55. The summed E-state index contributed by atoms with van der Waals surface area (Å²) in [7, 11) is -4.85. The molecule has 11 heteroatoms. The topological polar surface area (TPSA) is 152 Å². The summed E-state index contributed by atoms with van der Waals surface area (Å²) in [6, 6.07) is 0. The molecule has 3 atom stereocenters. The van der Waals surface area contributed by atoms with Gasteiger partial charge in [0.05, 0.1) is 13.2 Å². The fourth-order valence-corrected chi connectivity index (χ4v) is 6.47. The Kier molecular flexibility index (Phi) is 37.6. The highest BCUT2D eigenvalue weighted by Gasteiger charge is 2.18. The number of hydrogen-bond acceptors (Lipinski definition) is 10. The second-order valence-electron chi connectivity index (χ2n) is 14.4. The van der Waals surface area contributed by atoms with E-state index in [-0.39, 0.29) is 12.8 Å². The first kappa shape index (κ1) is 51.5. The number of esters is 2. The Labute approximate surface area is 323 Å². The Bertz CT molecular complexity index is 871. The molecule has 0 aliphatic heterocycles. The molecule has 0 rings (SSSR count). The number of aliphatic hydroxyl groups excluding tert-OH is 2. The second kappa shape index (κ2) is 38.7. The van der Waals surface area contributed by atoms with Crippen LogP contribution in [0.5, 0.6) is 0 Å². The maximum absolute atomic E-state index is 12.0. The minimum atomic E-state index is -4.85. The van der Waals surface area contributed by atoms with E-state index in [4.69, 9.17) is 9.47 Å². The van der Waals surface area contributed by atoms with Crippen molar-refractivity contribution in [3.05, 3.63) is 24.3 Å². The van der Waals surface area contributed by atoms with E-state index in [0.29, 0.717) is 12.8 Å². The van der Waals surface area contributed by atoms with Gasteiger partial charge in [0.2, 0.25) is 0 Å². The summed E-state index contributed by atoms with van der Waals surface area (Å²) < 4.78 is 31.3. The van der Waals surface area contributed by atoms with Crippen molar-refractivity contribution in [2.24, 2.45) is 0 Å². The van der Waals surface area contributed by atoms with Crippen LogP contribution in [0.25, 0.3) is 0 Å². The lowest BCUT2D eigenvalue weighted by molar-refractivity contribution is -0.229. The molecule has 1 unspecified atom stereocenters. The monoisotopic (exact) mass is 774 g/mol. The molecule has 0 fully saturated rings. The third-order valence-electron chi connectivity index (χ3n) is 9.01. The van der Waals surface area contributed by atoms with E-state index in [1.807, 2.05) is 0 Å². The zero-order chi connectivity index (χ0) is 39.1. The first-order chi connectivity index (χ1) is 25.7. The first-order valence-corrected chi connectivity index (χ1v) is 22.7. The van der Waals surface area contributed by atoms with Crippen LogP contribution in [0.2, 0.25) is 0 Å². The van der Waals surface area contributed by atoms with Gasteiger partial charge >= 0.3 is 11.9 Å². The Morgan fingerprint density at radius 2 is 0.774 bits per heavy atom. The highest BCUT2D eigenvalue weighted by Crippen LogP contribution is 2.38. The molecule has 0 spiro atoms. The van der Waals surface area contributed by atoms with Crippen LogP contribution in [0.4, 0.5) is 0 Å². The number of carbonyl (C=O) groups is 2. The maximum atomic E-state index is 12.0. The molecule has 0 saturated carbocycles. The smallest absolute Gasteiger partial charge is 0.305 e. The summed E-state index contributed by atoms with van der Waals surface area (Å²) in [5.41, 5.74) is 0. The Morgan fingerprint density at radius 3 is 1.09 bits per heavy atom. The molecule has 0 amide bonds. The van der Waals surface area contributed by atoms with Crippen molar-refractivity contribution < 1.29 is 47.8 Å². The normalized spacial score (nSPS) is 14.1. The van der Waals surface area contributed by atoms with Crippen molar-refractivity contribution in [2.75, 3.05) is 26.4 Å². The molecule has 0 aliphatic carbocycles. The summed E-state index contributed by atoms with van der Waals surface area (Å²) in [5.74, 6) is -0.920. The van der Waals surface area contributed by atoms with E-state index in [1.165, 1.54) is 89.9 Å². The van der Waals surface area contributed by atoms with Gasteiger partial charge in [-0.1, -0.05) is 141 Å². The van der Waals surface area contributed by atoms with E-state index in [9.17, 15) is 29.3 Å². The lowest BCUT2D eigenvalue weighted by Gasteiger charge is -2.25. The minimum Gasteiger partial charge on any atom is -0.756 e. The summed E-state index contributed by atoms with van der Waals surface area (Å²) in [6.45, 7) is 2.34. The van der Waals surface area contributed by atoms with E-state index in [2.05, 4.69) is 47.2 Å². The molecule has 0 saturated heterocycles. The van der Waals surface area contributed by atoms with Gasteiger partial charge in [-0.3, -0.25) is 14.2 Å². The van der Waals surface area contributed by atoms with E-state index in [1.54, 1.807) is 0 Å². The number of aliphatic hydroxyl groups is 2. The largest absolute Gasteiger partial charge is 0.756 e. The van der Waals surface area contributed by atoms with Crippen molar-refractivity contribution in [1.82, 2.24) is 0 Å². The van der Waals surface area contributed by atoms with E-state index < -0.39 is 58.4 Å². The van der Waals surface area contributed by atoms with Crippen molar-refractivity contribution in [2.45, 2.75) is 206 Å². The summed E-state index contributed by atoms with van der Waals surface area (Å²) in [4.78, 5) is 35.9. The van der Waals surface area contributed by atoms with Gasteiger partial charge in [0, 0.05) is 12.8 Å². The molecule has 0 aromatic heterocycles. The lowest BCUT2D eigenvalue weighted by atomic mass is 10.1. The van der Waals surface area contributed by atoms with Gasteiger partial charge in [-0.05, 0) is 64.2 Å². The van der Waals surface area contributed by atoms with Crippen molar-refractivity contribution in [3.8, 4) is 0 Å². The number of allylic oxidation sites excluding steroid dienone is 4. The van der Waals surface area contributed by atoms with Gasteiger partial charge < -0.3 is 33.6 Å². The molecular weight excluding hydrogens is 695 g/mol. The van der Waals surface area contributed by atoms with Crippen LogP contribution in [0, 0.1) is 0 Å². The summed E-state index contributed by atoms with van der Waals surface area (Å²) in [6.07, 6.45) is 37.1. The van der Waals surface area contributed by atoms with Gasteiger partial charge in [0.15, 0.2) is 0 Å². The molecule has 53 heavy (non-hydrogen) atoms. The Balaban J connectivity index is 3.71. The van der Waals surface area contributed by atoms with E-state index >= 15 is 0 Å². The molecule has 0 radical (unpaired) electrons. The molecule has 0 aromatic rings. The number of carbonyl (C=O) groups excluding carboxylic acids is 2. The van der Waals surface area contributed by atoms with Crippen molar-refractivity contribution >= 4 is 19.8 Å². The first-order valence-electron chi connectivity index (χ1n) is 21.3.